The lowest BCUT2D eigenvalue weighted by Gasteiger charge is -2.18. The van der Waals surface area contributed by atoms with E-state index in [4.69, 9.17) is 16.3 Å². The van der Waals surface area contributed by atoms with Gasteiger partial charge in [-0.25, -0.2) is 9.50 Å². The lowest BCUT2D eigenvalue weighted by atomic mass is 10.1. The van der Waals surface area contributed by atoms with Crippen LogP contribution in [0.3, 0.4) is 0 Å². The van der Waals surface area contributed by atoms with Gasteiger partial charge in [0.2, 0.25) is 0 Å². The first-order chi connectivity index (χ1) is 13.7. The van der Waals surface area contributed by atoms with E-state index in [1.54, 1.807) is 10.7 Å². The van der Waals surface area contributed by atoms with E-state index in [9.17, 15) is 0 Å². The molecular formula is C19H20ClN7O. The number of rotatable bonds is 5. The fourth-order valence-corrected chi connectivity index (χ4v) is 4.00. The van der Waals surface area contributed by atoms with Crippen LogP contribution < -0.4 is 4.74 Å². The zero-order chi connectivity index (χ0) is 19.1. The van der Waals surface area contributed by atoms with Gasteiger partial charge in [-0.2, -0.15) is 10.1 Å². The third kappa shape index (κ3) is 3.08. The van der Waals surface area contributed by atoms with Gasteiger partial charge in [0.25, 0.3) is 0 Å². The van der Waals surface area contributed by atoms with Gasteiger partial charge in [0, 0.05) is 17.8 Å². The Labute approximate surface area is 166 Å². The lowest BCUT2D eigenvalue weighted by Crippen LogP contribution is -2.31. The number of aromatic amines is 1. The number of likely N-dealkylation sites (tertiary alicyclic amines) is 1. The van der Waals surface area contributed by atoms with Crippen molar-refractivity contribution >= 4 is 28.2 Å². The van der Waals surface area contributed by atoms with Crippen molar-refractivity contribution in [3.05, 3.63) is 47.0 Å². The average Bonchev–Trinajstić information content (AvgIpc) is 3.41. The van der Waals surface area contributed by atoms with Gasteiger partial charge in [-0.15, -0.1) is 5.10 Å². The number of fused-ring (bicyclic) bond motifs is 2. The highest BCUT2D eigenvalue weighted by Gasteiger charge is 2.22. The highest BCUT2D eigenvalue weighted by molar-refractivity contribution is 6.32. The predicted molar refractivity (Wildman–Crippen MR) is 106 cm³/mol. The fraction of sp³-hybridized carbons (Fsp3) is 0.368. The summed E-state index contributed by atoms with van der Waals surface area (Å²) in [5.74, 6) is 0. The largest absolute Gasteiger partial charge is 0.461 e. The number of likely N-dealkylation sites (N-methyl/N-ethyl adjacent to an activating group) is 1. The fourth-order valence-electron chi connectivity index (χ4n) is 3.80. The number of aromatic nitrogens is 6. The van der Waals surface area contributed by atoms with Crippen LogP contribution in [-0.4, -0.2) is 60.9 Å². The molecule has 28 heavy (non-hydrogen) atoms. The molecule has 1 N–H and O–H groups in total. The van der Waals surface area contributed by atoms with Crippen LogP contribution in [0.15, 0.2) is 30.6 Å². The molecule has 0 radical (unpaired) electrons. The Kier molecular flexibility index (Phi) is 4.37. The Morgan fingerprint density at radius 1 is 1.32 bits per heavy atom. The molecule has 1 fully saturated rings. The molecule has 3 aromatic heterocycles. The van der Waals surface area contributed by atoms with Gasteiger partial charge in [0.05, 0.1) is 23.6 Å². The van der Waals surface area contributed by atoms with Gasteiger partial charge >= 0.3 is 6.01 Å². The second kappa shape index (κ2) is 7.03. The van der Waals surface area contributed by atoms with Gasteiger partial charge in [0.15, 0.2) is 10.8 Å². The Hall–Kier alpha value is -2.71. The second-order valence-corrected chi connectivity index (χ2v) is 7.54. The molecular weight excluding hydrogens is 378 g/mol. The zero-order valence-electron chi connectivity index (χ0n) is 15.5. The first kappa shape index (κ1) is 17.4. The molecule has 8 nitrogen and oxygen atoms in total. The van der Waals surface area contributed by atoms with Crippen molar-refractivity contribution in [2.45, 2.75) is 25.3 Å². The molecule has 0 bridgehead atoms. The Bertz CT molecular complexity index is 1140. The van der Waals surface area contributed by atoms with Crippen molar-refractivity contribution in [2.24, 2.45) is 0 Å². The summed E-state index contributed by atoms with van der Waals surface area (Å²) in [4.78, 5) is 11.0. The van der Waals surface area contributed by atoms with Crippen molar-refractivity contribution < 1.29 is 4.74 Å². The minimum Gasteiger partial charge on any atom is -0.461 e. The van der Waals surface area contributed by atoms with Crippen LogP contribution in [0.4, 0.5) is 0 Å². The first-order valence-corrected chi connectivity index (χ1v) is 9.71. The van der Waals surface area contributed by atoms with E-state index in [0.29, 0.717) is 24.7 Å². The predicted octanol–water partition coefficient (Wildman–Crippen LogP) is 2.72. The van der Waals surface area contributed by atoms with Crippen molar-refractivity contribution in [3.63, 3.8) is 0 Å². The van der Waals surface area contributed by atoms with E-state index in [-0.39, 0.29) is 11.2 Å². The monoisotopic (exact) mass is 397 g/mol. The summed E-state index contributed by atoms with van der Waals surface area (Å²) in [5.41, 5.74) is 3.58. The maximum Gasteiger partial charge on any atom is 0.335 e. The molecule has 4 heterocycles. The molecule has 1 aliphatic heterocycles. The molecule has 0 aliphatic carbocycles. The summed E-state index contributed by atoms with van der Waals surface area (Å²) < 4.78 is 7.59. The summed E-state index contributed by atoms with van der Waals surface area (Å²) in [6, 6.07) is 6.75. The van der Waals surface area contributed by atoms with Gasteiger partial charge in [-0.05, 0) is 38.1 Å². The maximum atomic E-state index is 6.34. The third-order valence-corrected chi connectivity index (χ3v) is 5.65. The summed E-state index contributed by atoms with van der Waals surface area (Å²) in [6.07, 6.45) is 6.58. The minimum absolute atomic E-state index is 0.276. The van der Waals surface area contributed by atoms with Crippen molar-refractivity contribution in [1.29, 1.82) is 0 Å². The SMILES string of the molecule is CN1CCC[C@H]1COc1nc(Cl)c2ncc(Cc3cccc4[nH]ncc34)n2n1. The second-order valence-electron chi connectivity index (χ2n) is 7.18. The van der Waals surface area contributed by atoms with E-state index in [0.717, 1.165) is 35.1 Å². The van der Waals surface area contributed by atoms with E-state index in [1.807, 2.05) is 18.3 Å². The van der Waals surface area contributed by atoms with E-state index >= 15 is 0 Å². The summed E-state index contributed by atoms with van der Waals surface area (Å²) in [6.45, 7) is 1.65. The van der Waals surface area contributed by atoms with Gasteiger partial charge in [-0.3, -0.25) is 5.10 Å². The standard InChI is InChI=1S/C19H20ClN7O/c1-26-7-3-5-13(26)11-28-19-23-17(20)18-21-9-14(27(18)25-19)8-12-4-2-6-16-15(12)10-22-24-16/h2,4,6,9-10,13H,3,5,7-8,11H2,1H3,(H,22,24)/t13-/m0/s1. The molecule has 4 aromatic rings. The van der Waals surface area contributed by atoms with Gasteiger partial charge in [-0.1, -0.05) is 23.7 Å². The normalized spacial score (nSPS) is 17.7. The maximum absolute atomic E-state index is 6.34. The van der Waals surface area contributed by atoms with Gasteiger partial charge in [0.1, 0.15) is 6.61 Å². The van der Waals surface area contributed by atoms with Crippen LogP contribution in [0.25, 0.3) is 16.6 Å². The highest BCUT2D eigenvalue weighted by Crippen LogP contribution is 2.23. The number of benzene rings is 1. The van der Waals surface area contributed by atoms with Crippen LogP contribution in [0.1, 0.15) is 24.1 Å². The molecule has 1 saturated heterocycles. The van der Waals surface area contributed by atoms with Crippen molar-refractivity contribution in [3.8, 4) is 6.01 Å². The number of hydrogen-bond donors (Lipinski definition) is 1. The van der Waals surface area contributed by atoms with Crippen LogP contribution in [0.5, 0.6) is 6.01 Å². The third-order valence-electron chi connectivity index (χ3n) is 5.40. The number of halogens is 1. The number of nitrogens with one attached hydrogen (secondary N) is 1. The van der Waals surface area contributed by atoms with Crippen LogP contribution >= 0.6 is 11.6 Å². The molecule has 1 aromatic carbocycles. The van der Waals surface area contributed by atoms with Crippen LogP contribution in [-0.2, 0) is 6.42 Å². The van der Waals surface area contributed by atoms with E-state index in [1.165, 1.54) is 6.42 Å². The van der Waals surface area contributed by atoms with E-state index < -0.39 is 0 Å². The molecule has 0 unspecified atom stereocenters. The number of hydrogen-bond acceptors (Lipinski definition) is 6. The topological polar surface area (TPSA) is 84.2 Å². The Morgan fingerprint density at radius 3 is 3.11 bits per heavy atom. The number of nitrogens with zero attached hydrogens (tertiary/aromatic N) is 6. The summed E-state index contributed by atoms with van der Waals surface area (Å²) in [5, 5.41) is 13.0. The molecule has 5 rings (SSSR count). The van der Waals surface area contributed by atoms with Crippen molar-refractivity contribution in [2.75, 3.05) is 20.2 Å². The molecule has 1 aliphatic rings. The molecule has 9 heteroatoms. The van der Waals surface area contributed by atoms with Crippen molar-refractivity contribution in [1.82, 2.24) is 34.7 Å². The average molecular weight is 398 g/mol. The lowest BCUT2D eigenvalue weighted by molar-refractivity contribution is 0.185. The van der Waals surface area contributed by atoms with E-state index in [2.05, 4.69) is 43.3 Å². The summed E-state index contributed by atoms with van der Waals surface area (Å²) in [7, 11) is 2.11. The van der Waals surface area contributed by atoms with Gasteiger partial charge < -0.3 is 9.64 Å². The minimum atomic E-state index is 0.276. The Balaban J connectivity index is 1.45. The highest BCUT2D eigenvalue weighted by atomic mass is 35.5. The smallest absolute Gasteiger partial charge is 0.335 e. The number of imidazole rings is 1. The molecule has 0 amide bonds. The zero-order valence-corrected chi connectivity index (χ0v) is 16.2. The van der Waals surface area contributed by atoms with Crippen LogP contribution in [0.2, 0.25) is 5.15 Å². The first-order valence-electron chi connectivity index (χ1n) is 9.33. The number of H-pyrrole nitrogens is 1. The molecule has 144 valence electrons. The molecule has 0 spiro atoms. The molecule has 0 saturated carbocycles. The quantitative estimate of drug-likeness (QED) is 0.557. The Morgan fingerprint density at radius 2 is 2.25 bits per heavy atom. The molecule has 1 atom stereocenters. The van der Waals surface area contributed by atoms with Crippen LogP contribution in [0, 0.1) is 0 Å². The summed E-state index contributed by atoms with van der Waals surface area (Å²) >= 11 is 6.34. The number of ether oxygens (including phenoxy) is 1.